The predicted molar refractivity (Wildman–Crippen MR) is 263 cm³/mol. The lowest BCUT2D eigenvalue weighted by Gasteiger charge is -2.35. The molecule has 7 heteroatoms. The molecule has 58 heavy (non-hydrogen) atoms. The lowest BCUT2D eigenvalue weighted by Crippen LogP contribution is -2.47. The monoisotopic (exact) mass is 828 g/mol. The van der Waals surface area contributed by atoms with E-state index in [1.165, 1.54) is 102 Å². The van der Waals surface area contributed by atoms with E-state index in [0.29, 0.717) is 0 Å². The van der Waals surface area contributed by atoms with E-state index in [0.717, 1.165) is 61.0 Å². The summed E-state index contributed by atoms with van der Waals surface area (Å²) in [7, 11) is 1.61. The first-order valence-electron chi connectivity index (χ1n) is 23.0. The number of rotatable bonds is 31. The van der Waals surface area contributed by atoms with Crippen LogP contribution in [0.2, 0.25) is 0 Å². The zero-order chi connectivity index (χ0) is 41.4. The smallest absolute Gasteiger partial charge is 0.0991 e. The summed E-state index contributed by atoms with van der Waals surface area (Å²) >= 11 is 0. The second-order valence-corrected chi connectivity index (χ2v) is 25.4. The minimum absolute atomic E-state index is 0.762. The van der Waals surface area contributed by atoms with E-state index < -0.39 is 14.5 Å². The number of hydrogen-bond acceptors (Lipinski definition) is 3. The van der Waals surface area contributed by atoms with E-state index in [1.807, 2.05) is 0 Å². The molecule has 4 aromatic rings. The highest BCUT2D eigenvalue weighted by atomic mass is 31.2. The maximum Gasteiger partial charge on any atom is 0.0991 e. The molecule has 6 N–H and O–H groups in total. The zero-order valence-electron chi connectivity index (χ0n) is 37.0. The maximum absolute atomic E-state index is 6.02. The van der Waals surface area contributed by atoms with Gasteiger partial charge in [-0.05, 0) is 100 Å². The van der Waals surface area contributed by atoms with Crippen molar-refractivity contribution in [3.8, 4) is 0 Å². The number of nitrogens with two attached hydrogens (primary N) is 3. The molecular weight excluding hydrogens is 745 g/mol. The Morgan fingerprint density at radius 1 is 0.345 bits per heavy atom. The van der Waals surface area contributed by atoms with Gasteiger partial charge in [0.1, 0.15) is 0 Å². The summed E-state index contributed by atoms with van der Waals surface area (Å²) in [4.78, 5) is 0. The SMILES string of the molecule is CCCC[N+](C)(CCCN)CCCC[P+](CCCC[P+](CCCC[N+](C)(CCCN)CCCN)(c1ccccc1)c1ccccc1)(c1ccccc1)c1ccccc1. The number of unbranched alkanes of at least 4 members (excludes halogenated alkanes) is 4. The third-order valence-electron chi connectivity index (χ3n) is 13.1. The van der Waals surface area contributed by atoms with Crippen LogP contribution >= 0.6 is 14.5 Å². The molecule has 0 aliphatic heterocycles. The summed E-state index contributed by atoms with van der Waals surface area (Å²) in [6, 6.07) is 46.7. The van der Waals surface area contributed by atoms with E-state index in [4.69, 9.17) is 17.2 Å². The van der Waals surface area contributed by atoms with Crippen molar-refractivity contribution >= 4 is 35.7 Å². The lowest BCUT2D eigenvalue weighted by atomic mass is 10.2. The van der Waals surface area contributed by atoms with Crippen molar-refractivity contribution in [1.29, 1.82) is 0 Å². The highest BCUT2D eigenvalue weighted by Gasteiger charge is 2.44. The van der Waals surface area contributed by atoms with E-state index >= 15 is 0 Å². The minimum atomic E-state index is -1.66. The van der Waals surface area contributed by atoms with Crippen LogP contribution in [0.15, 0.2) is 121 Å². The third-order valence-corrected chi connectivity index (χ3v) is 22.5. The Bertz CT molecular complexity index is 1400. The van der Waals surface area contributed by atoms with Gasteiger partial charge in [-0.15, -0.1) is 0 Å². The Morgan fingerprint density at radius 2 is 0.586 bits per heavy atom. The fourth-order valence-electron chi connectivity index (χ4n) is 9.55. The highest BCUT2D eigenvalue weighted by Crippen LogP contribution is 2.60. The Labute approximate surface area is 357 Å². The molecule has 4 rings (SSSR count). The normalized spacial score (nSPS) is 13.4. The van der Waals surface area contributed by atoms with Gasteiger partial charge in [0.05, 0.1) is 114 Å². The molecule has 0 spiro atoms. The summed E-state index contributed by atoms with van der Waals surface area (Å²) in [5.74, 6) is 0. The summed E-state index contributed by atoms with van der Waals surface area (Å²) in [6.45, 7) is 11.8. The van der Waals surface area contributed by atoms with Crippen LogP contribution in [0.5, 0.6) is 0 Å². The molecular formula is C51H83N5P2+4. The van der Waals surface area contributed by atoms with Crippen LogP contribution in [0.25, 0.3) is 0 Å². The molecule has 0 radical (unpaired) electrons. The first-order chi connectivity index (χ1) is 28.3. The maximum atomic E-state index is 6.02. The van der Waals surface area contributed by atoms with Gasteiger partial charge in [-0.3, -0.25) is 0 Å². The molecule has 0 bridgehead atoms. The Kier molecular flexibility index (Phi) is 21.6. The van der Waals surface area contributed by atoms with Crippen molar-refractivity contribution in [2.75, 3.05) is 97.6 Å². The topological polar surface area (TPSA) is 78.1 Å². The molecule has 0 aromatic heterocycles. The standard InChI is InChI=1S/C51H83N5P2/c1-4-5-38-55(2,41-24-35-52)39-18-20-44-57(48-27-10-6-11-28-48,49-29-12-7-13-30-49)46-22-23-47-58(50-31-14-8-15-32-50,51-33-16-9-17-34-51)45-21-19-40-56(3,42-25-36-53)43-26-37-54/h6-17,27-34H,4-5,18-26,35-47,52-54H2,1-3H3/q+4. The number of benzene rings is 4. The van der Waals surface area contributed by atoms with Gasteiger partial charge < -0.3 is 26.2 Å². The van der Waals surface area contributed by atoms with Crippen LogP contribution in [-0.4, -0.2) is 107 Å². The van der Waals surface area contributed by atoms with Crippen molar-refractivity contribution in [2.45, 2.75) is 77.6 Å². The van der Waals surface area contributed by atoms with E-state index in [-0.39, 0.29) is 0 Å². The number of nitrogens with zero attached hydrogens (tertiary/aromatic N) is 2. The largest absolute Gasteiger partial charge is 0.330 e. The van der Waals surface area contributed by atoms with Crippen LogP contribution < -0.4 is 38.4 Å². The van der Waals surface area contributed by atoms with Crippen molar-refractivity contribution in [1.82, 2.24) is 0 Å². The van der Waals surface area contributed by atoms with Gasteiger partial charge in [-0.25, -0.2) is 0 Å². The zero-order valence-corrected chi connectivity index (χ0v) is 38.8. The lowest BCUT2D eigenvalue weighted by molar-refractivity contribution is -0.910. The molecule has 5 nitrogen and oxygen atoms in total. The van der Waals surface area contributed by atoms with Gasteiger partial charge in [0.25, 0.3) is 0 Å². The van der Waals surface area contributed by atoms with Crippen LogP contribution in [0.4, 0.5) is 0 Å². The molecule has 0 heterocycles. The van der Waals surface area contributed by atoms with Crippen LogP contribution in [-0.2, 0) is 0 Å². The van der Waals surface area contributed by atoms with Crippen molar-refractivity contribution in [2.24, 2.45) is 17.2 Å². The fourth-order valence-corrected chi connectivity index (χ4v) is 18.7. The van der Waals surface area contributed by atoms with Crippen LogP contribution in [0.1, 0.15) is 77.6 Å². The Balaban J connectivity index is 1.59. The van der Waals surface area contributed by atoms with Crippen molar-refractivity contribution in [3.63, 3.8) is 0 Å². The minimum Gasteiger partial charge on any atom is -0.330 e. The predicted octanol–water partition coefficient (Wildman–Crippen LogP) is 8.40. The molecule has 0 saturated carbocycles. The molecule has 318 valence electrons. The molecule has 0 aliphatic rings. The molecule has 0 saturated heterocycles. The summed E-state index contributed by atoms with van der Waals surface area (Å²) in [6.07, 6.45) is 18.5. The van der Waals surface area contributed by atoms with Gasteiger partial charge in [0.15, 0.2) is 0 Å². The van der Waals surface area contributed by atoms with Gasteiger partial charge in [-0.2, -0.15) is 0 Å². The summed E-state index contributed by atoms with van der Waals surface area (Å²) < 4.78 is 2.25. The molecule has 0 fully saturated rings. The van der Waals surface area contributed by atoms with Crippen molar-refractivity contribution in [3.05, 3.63) is 121 Å². The molecule has 1 unspecified atom stereocenters. The van der Waals surface area contributed by atoms with Gasteiger partial charge in [-0.1, -0.05) is 86.1 Å². The quantitative estimate of drug-likeness (QED) is 0.0271. The van der Waals surface area contributed by atoms with Gasteiger partial charge in [0.2, 0.25) is 0 Å². The van der Waals surface area contributed by atoms with Crippen LogP contribution in [0.3, 0.4) is 0 Å². The average Bonchev–Trinajstić information content (AvgIpc) is 3.28. The molecule has 1 atom stereocenters. The molecule has 0 amide bonds. The Hall–Kier alpha value is -2.46. The second-order valence-electron chi connectivity index (χ2n) is 17.7. The first-order valence-corrected chi connectivity index (χ1v) is 27.3. The third kappa shape index (κ3) is 14.6. The Morgan fingerprint density at radius 3 is 0.845 bits per heavy atom. The summed E-state index contributed by atoms with van der Waals surface area (Å²) in [5.41, 5.74) is 18.0. The van der Waals surface area contributed by atoms with Crippen molar-refractivity contribution < 1.29 is 8.97 Å². The number of quaternary nitrogens is 2. The second kappa shape index (κ2) is 26.0. The average molecular weight is 828 g/mol. The number of hydrogen-bond donors (Lipinski definition) is 3. The highest BCUT2D eigenvalue weighted by molar-refractivity contribution is 7.90. The van der Waals surface area contributed by atoms with Gasteiger partial charge >= 0.3 is 0 Å². The first kappa shape index (κ1) is 48.2. The summed E-state index contributed by atoms with van der Waals surface area (Å²) in [5, 5.41) is 6.34. The molecule has 0 aliphatic carbocycles. The fraction of sp³-hybridized carbons (Fsp3) is 0.529. The van der Waals surface area contributed by atoms with Gasteiger partial charge in [0, 0.05) is 32.1 Å². The van der Waals surface area contributed by atoms with Crippen LogP contribution in [0, 0.1) is 0 Å². The van der Waals surface area contributed by atoms with E-state index in [2.05, 4.69) is 142 Å². The van der Waals surface area contributed by atoms with E-state index in [9.17, 15) is 0 Å². The molecule has 4 aromatic carbocycles. The van der Waals surface area contributed by atoms with E-state index in [1.54, 1.807) is 21.2 Å².